The van der Waals surface area contributed by atoms with Gasteiger partial charge >= 0.3 is 0 Å². The number of hydrogen-bond donors (Lipinski definition) is 1. The third-order valence-electron chi connectivity index (χ3n) is 0.974. The zero-order valence-electron chi connectivity index (χ0n) is 4.74. The second kappa shape index (κ2) is 3.40. The standard InChI is InChI=1S/C6H3BrFIS/c7-6-4(9)1-3(8)2-5(6)10/h1-2,10H. The van der Waals surface area contributed by atoms with E-state index in [1.54, 1.807) is 0 Å². The van der Waals surface area contributed by atoms with Crippen LogP contribution in [0.1, 0.15) is 0 Å². The van der Waals surface area contributed by atoms with Crippen LogP contribution in [0.3, 0.4) is 0 Å². The van der Waals surface area contributed by atoms with Crippen LogP contribution < -0.4 is 0 Å². The van der Waals surface area contributed by atoms with Gasteiger partial charge in [-0.1, -0.05) is 0 Å². The topological polar surface area (TPSA) is 0 Å². The molecule has 1 rings (SSSR count). The van der Waals surface area contributed by atoms with Crippen LogP contribution in [-0.4, -0.2) is 0 Å². The largest absolute Gasteiger partial charge is 0.207 e. The van der Waals surface area contributed by atoms with Crippen molar-refractivity contribution in [3.05, 3.63) is 26.0 Å². The fourth-order valence-electron chi connectivity index (χ4n) is 0.542. The maximum absolute atomic E-state index is 12.5. The second-order valence-corrected chi connectivity index (χ2v) is 4.16. The van der Waals surface area contributed by atoms with Crippen molar-refractivity contribution in [2.75, 3.05) is 0 Å². The molecule has 1 aromatic carbocycles. The first-order valence-corrected chi connectivity index (χ1v) is 4.76. The van der Waals surface area contributed by atoms with E-state index >= 15 is 0 Å². The van der Waals surface area contributed by atoms with E-state index < -0.39 is 0 Å². The molecule has 0 N–H and O–H groups in total. The van der Waals surface area contributed by atoms with Crippen molar-refractivity contribution in [3.8, 4) is 0 Å². The lowest BCUT2D eigenvalue weighted by molar-refractivity contribution is 0.622. The summed E-state index contributed by atoms with van der Waals surface area (Å²) in [4.78, 5) is 0.629. The molecular formula is C6H3BrFIS. The number of benzene rings is 1. The molecule has 0 fully saturated rings. The molecule has 0 unspecified atom stereocenters. The number of rotatable bonds is 0. The normalized spacial score (nSPS) is 10.0. The molecule has 0 aliphatic rings. The Balaban J connectivity index is 3.31. The Kier molecular flexibility index (Phi) is 3.00. The van der Waals surface area contributed by atoms with Crippen molar-refractivity contribution >= 4 is 51.1 Å². The van der Waals surface area contributed by atoms with Gasteiger partial charge in [0.05, 0.1) is 0 Å². The van der Waals surface area contributed by atoms with Gasteiger partial charge in [-0.15, -0.1) is 12.6 Å². The molecule has 0 bridgehead atoms. The average molecular weight is 333 g/mol. The molecule has 1 aromatic rings. The van der Waals surface area contributed by atoms with Crippen LogP contribution in [0.25, 0.3) is 0 Å². The summed E-state index contributed by atoms with van der Waals surface area (Å²) in [7, 11) is 0. The SMILES string of the molecule is Fc1cc(S)c(Br)c(I)c1. The number of thiol groups is 1. The summed E-state index contributed by atoms with van der Waals surface area (Å²) in [5.41, 5.74) is 0. The van der Waals surface area contributed by atoms with Gasteiger partial charge in [0.1, 0.15) is 5.82 Å². The summed E-state index contributed by atoms with van der Waals surface area (Å²) in [6, 6.07) is 2.82. The van der Waals surface area contributed by atoms with Crippen molar-refractivity contribution in [1.29, 1.82) is 0 Å². The second-order valence-electron chi connectivity index (χ2n) is 1.72. The highest BCUT2D eigenvalue weighted by Crippen LogP contribution is 2.26. The minimum Gasteiger partial charge on any atom is -0.207 e. The van der Waals surface area contributed by atoms with E-state index in [4.69, 9.17) is 0 Å². The van der Waals surface area contributed by atoms with E-state index in [2.05, 4.69) is 28.6 Å². The molecule has 10 heavy (non-hydrogen) atoms. The predicted octanol–water partition coefficient (Wildman–Crippen LogP) is 3.48. The minimum atomic E-state index is -0.252. The Bertz CT molecular complexity index is 241. The summed E-state index contributed by atoms with van der Waals surface area (Å²) in [5.74, 6) is -0.252. The lowest BCUT2D eigenvalue weighted by Gasteiger charge is -1.98. The van der Waals surface area contributed by atoms with Gasteiger partial charge in [0.2, 0.25) is 0 Å². The summed E-state index contributed by atoms with van der Waals surface area (Å²) in [6.45, 7) is 0. The van der Waals surface area contributed by atoms with Crippen LogP contribution in [0.2, 0.25) is 0 Å². The molecule has 54 valence electrons. The average Bonchev–Trinajstić information content (AvgIpc) is 1.82. The highest BCUT2D eigenvalue weighted by atomic mass is 127. The Hall–Kier alpha value is 0.710. The third-order valence-corrected chi connectivity index (χ3v) is 4.08. The Morgan fingerprint density at radius 2 is 2.10 bits per heavy atom. The minimum absolute atomic E-state index is 0.252. The molecule has 0 heterocycles. The maximum Gasteiger partial charge on any atom is 0.125 e. The summed E-state index contributed by atoms with van der Waals surface area (Å²) in [5, 5.41) is 0. The van der Waals surface area contributed by atoms with E-state index in [0.29, 0.717) is 4.90 Å². The summed E-state index contributed by atoms with van der Waals surface area (Å²) in [6.07, 6.45) is 0. The Morgan fingerprint density at radius 3 is 2.60 bits per heavy atom. The monoisotopic (exact) mass is 332 g/mol. The highest BCUT2D eigenvalue weighted by Gasteiger charge is 2.02. The fraction of sp³-hybridized carbons (Fsp3) is 0. The highest BCUT2D eigenvalue weighted by molar-refractivity contribution is 14.1. The van der Waals surface area contributed by atoms with Crippen LogP contribution in [0.5, 0.6) is 0 Å². The molecule has 0 saturated heterocycles. The molecule has 0 saturated carbocycles. The molecule has 0 radical (unpaired) electrons. The van der Waals surface area contributed by atoms with Crippen molar-refractivity contribution in [2.45, 2.75) is 4.90 Å². The van der Waals surface area contributed by atoms with E-state index in [0.717, 1.165) is 8.04 Å². The van der Waals surface area contributed by atoms with Gasteiger partial charge in [-0.2, -0.15) is 0 Å². The number of halogens is 3. The van der Waals surface area contributed by atoms with E-state index in [-0.39, 0.29) is 5.82 Å². The molecule has 0 spiro atoms. The fourth-order valence-corrected chi connectivity index (χ4v) is 1.82. The van der Waals surface area contributed by atoms with Gasteiger partial charge < -0.3 is 0 Å². The third kappa shape index (κ3) is 1.85. The van der Waals surface area contributed by atoms with Crippen LogP contribution in [0.4, 0.5) is 4.39 Å². The molecular weight excluding hydrogens is 330 g/mol. The van der Waals surface area contributed by atoms with Crippen LogP contribution >= 0.6 is 51.1 Å². The van der Waals surface area contributed by atoms with Crippen molar-refractivity contribution < 1.29 is 4.39 Å². The van der Waals surface area contributed by atoms with Crippen molar-refractivity contribution in [3.63, 3.8) is 0 Å². The van der Waals surface area contributed by atoms with Gasteiger partial charge in [0.15, 0.2) is 0 Å². The van der Waals surface area contributed by atoms with Crippen LogP contribution in [0, 0.1) is 9.39 Å². The summed E-state index contributed by atoms with van der Waals surface area (Å²) < 4.78 is 14.2. The first-order valence-electron chi connectivity index (χ1n) is 2.45. The van der Waals surface area contributed by atoms with Crippen molar-refractivity contribution in [2.24, 2.45) is 0 Å². The van der Waals surface area contributed by atoms with Gasteiger partial charge in [0.25, 0.3) is 0 Å². The smallest absolute Gasteiger partial charge is 0.125 e. The molecule has 0 atom stereocenters. The lowest BCUT2D eigenvalue weighted by atomic mass is 10.3. The summed E-state index contributed by atoms with van der Waals surface area (Å²) >= 11 is 9.35. The number of hydrogen-bond acceptors (Lipinski definition) is 1. The van der Waals surface area contributed by atoms with Gasteiger partial charge in [-0.3, -0.25) is 0 Å². The molecule has 0 aliphatic heterocycles. The first-order chi connectivity index (χ1) is 4.61. The maximum atomic E-state index is 12.5. The van der Waals surface area contributed by atoms with E-state index in [1.807, 2.05) is 22.6 Å². The Labute approximate surface area is 85.9 Å². The zero-order chi connectivity index (χ0) is 7.72. The quantitative estimate of drug-likeness (QED) is 0.420. The molecule has 0 nitrogen and oxygen atoms in total. The molecule has 0 aliphatic carbocycles. The van der Waals surface area contributed by atoms with E-state index in [9.17, 15) is 4.39 Å². The van der Waals surface area contributed by atoms with Crippen LogP contribution in [-0.2, 0) is 0 Å². The van der Waals surface area contributed by atoms with Crippen molar-refractivity contribution in [1.82, 2.24) is 0 Å². The lowest BCUT2D eigenvalue weighted by Crippen LogP contribution is -1.80. The molecule has 0 amide bonds. The predicted molar refractivity (Wildman–Crippen MR) is 54.1 cm³/mol. The van der Waals surface area contributed by atoms with Gasteiger partial charge in [0, 0.05) is 12.9 Å². The van der Waals surface area contributed by atoms with Crippen LogP contribution in [0.15, 0.2) is 21.5 Å². The zero-order valence-corrected chi connectivity index (χ0v) is 9.37. The molecule has 4 heteroatoms. The first kappa shape index (κ1) is 8.80. The van der Waals surface area contributed by atoms with Gasteiger partial charge in [-0.05, 0) is 50.7 Å². The molecule has 0 aromatic heterocycles. The van der Waals surface area contributed by atoms with Gasteiger partial charge in [-0.25, -0.2) is 4.39 Å². The Morgan fingerprint density at radius 1 is 1.50 bits per heavy atom. The van der Waals surface area contributed by atoms with E-state index in [1.165, 1.54) is 12.1 Å².